The third-order valence-electron chi connectivity index (χ3n) is 9.40. The van der Waals surface area contributed by atoms with E-state index in [4.69, 9.17) is 0 Å². The van der Waals surface area contributed by atoms with Crippen molar-refractivity contribution in [1.82, 2.24) is 5.32 Å². The predicted molar refractivity (Wildman–Crippen MR) is 122 cm³/mol. The van der Waals surface area contributed by atoms with E-state index in [1.54, 1.807) is 11.1 Å². The molecule has 0 amide bonds. The molecular formula is C27H39NO2. The minimum absolute atomic E-state index is 0.143. The van der Waals surface area contributed by atoms with Crippen LogP contribution in [0, 0.1) is 24.2 Å². The Morgan fingerprint density at radius 2 is 2.00 bits per heavy atom. The average molecular weight is 410 g/mol. The highest BCUT2D eigenvalue weighted by molar-refractivity contribution is 5.49. The molecule has 0 spiro atoms. The molecule has 3 heteroatoms. The number of hydrogen-bond donors (Lipinski definition) is 3. The molecule has 0 aromatic heterocycles. The van der Waals surface area contributed by atoms with Crippen LogP contribution >= 0.6 is 0 Å². The number of rotatable bonds is 2. The Morgan fingerprint density at radius 3 is 2.77 bits per heavy atom. The van der Waals surface area contributed by atoms with Gasteiger partial charge in [-0.3, -0.25) is 0 Å². The first-order chi connectivity index (χ1) is 14.3. The fraction of sp³-hybridized carbons (Fsp3) is 0.704. The van der Waals surface area contributed by atoms with Crippen LogP contribution in [0.1, 0.15) is 87.0 Å². The molecule has 1 heterocycles. The van der Waals surface area contributed by atoms with Crippen LogP contribution in [0.5, 0.6) is 0 Å². The summed E-state index contributed by atoms with van der Waals surface area (Å²) in [6, 6.07) is 4.92. The minimum Gasteiger partial charge on any atom is -0.393 e. The number of hydrogen-bond acceptors (Lipinski definition) is 3. The van der Waals surface area contributed by atoms with Gasteiger partial charge in [0.25, 0.3) is 0 Å². The molecule has 0 unspecified atom stereocenters. The van der Waals surface area contributed by atoms with Crippen LogP contribution < -0.4 is 5.32 Å². The fourth-order valence-corrected chi connectivity index (χ4v) is 7.49. The normalized spacial score (nSPS) is 41.5. The first kappa shape index (κ1) is 20.7. The van der Waals surface area contributed by atoms with E-state index >= 15 is 0 Å². The molecule has 30 heavy (non-hydrogen) atoms. The Balaban J connectivity index is 1.44. The van der Waals surface area contributed by atoms with E-state index in [1.165, 1.54) is 23.1 Å². The molecule has 5 rings (SSSR count). The minimum atomic E-state index is -0.265. The molecular weight excluding hydrogens is 370 g/mol. The highest BCUT2D eigenvalue weighted by Gasteiger charge is 2.50. The zero-order valence-electron chi connectivity index (χ0n) is 19.1. The predicted octanol–water partition coefficient (Wildman–Crippen LogP) is 4.59. The van der Waals surface area contributed by atoms with E-state index in [0.29, 0.717) is 23.7 Å². The third-order valence-corrected chi connectivity index (χ3v) is 9.40. The smallest absolute Gasteiger partial charge is 0.0702 e. The second-order valence-electron chi connectivity index (χ2n) is 11.2. The number of aliphatic hydroxyl groups excluding tert-OH is 2. The van der Waals surface area contributed by atoms with Crippen molar-refractivity contribution in [3.63, 3.8) is 0 Å². The van der Waals surface area contributed by atoms with Crippen LogP contribution in [-0.2, 0) is 6.42 Å². The number of fused-ring (bicyclic) bond motifs is 5. The Morgan fingerprint density at radius 1 is 1.20 bits per heavy atom. The highest BCUT2D eigenvalue weighted by Crippen LogP contribution is 2.60. The van der Waals surface area contributed by atoms with Crippen molar-refractivity contribution in [2.24, 2.45) is 17.3 Å². The number of piperidine rings is 1. The Hall–Kier alpha value is -1.16. The van der Waals surface area contributed by atoms with Crippen molar-refractivity contribution >= 4 is 0 Å². The van der Waals surface area contributed by atoms with Crippen LogP contribution in [0.15, 0.2) is 23.8 Å². The molecule has 3 N–H and O–H groups in total. The van der Waals surface area contributed by atoms with Gasteiger partial charge in [0, 0.05) is 6.04 Å². The van der Waals surface area contributed by atoms with Crippen molar-refractivity contribution < 1.29 is 10.2 Å². The lowest BCUT2D eigenvalue weighted by molar-refractivity contribution is 0.0656. The van der Waals surface area contributed by atoms with Gasteiger partial charge in [0.15, 0.2) is 0 Å². The molecule has 1 aromatic rings. The molecule has 3 aliphatic carbocycles. The monoisotopic (exact) mass is 409 g/mol. The fourth-order valence-electron chi connectivity index (χ4n) is 7.49. The lowest BCUT2D eigenvalue weighted by Gasteiger charge is -2.48. The van der Waals surface area contributed by atoms with Crippen LogP contribution in [0.2, 0.25) is 0 Å². The van der Waals surface area contributed by atoms with Gasteiger partial charge in [-0.1, -0.05) is 44.6 Å². The van der Waals surface area contributed by atoms with Crippen molar-refractivity contribution in [2.45, 2.75) is 96.3 Å². The van der Waals surface area contributed by atoms with Gasteiger partial charge < -0.3 is 15.5 Å². The number of benzene rings is 1. The standard InChI is InChI=1S/C27H39NO2/c1-15-11-25(30)26(28-14-15)17(3)20-7-8-21-22-6-5-18-12-19(29)9-10-27(18,4)24(22)13-23(21)16(20)2/h5,7-8,15,17,19,22,24-26,28-30H,6,9-14H2,1-4H3/t15-,17+,19-,22+,24-,25+,26+,27-/m0/s1. The molecule has 3 nitrogen and oxygen atoms in total. The van der Waals surface area contributed by atoms with Crippen molar-refractivity contribution in [3.05, 3.63) is 46.0 Å². The van der Waals surface area contributed by atoms with Crippen LogP contribution in [0.3, 0.4) is 0 Å². The Labute approximate surface area is 182 Å². The second-order valence-corrected chi connectivity index (χ2v) is 11.2. The molecule has 1 saturated heterocycles. The summed E-state index contributed by atoms with van der Waals surface area (Å²) in [5.41, 5.74) is 7.79. The third kappa shape index (κ3) is 3.12. The molecule has 0 bridgehead atoms. The van der Waals surface area contributed by atoms with Gasteiger partial charge in [0.1, 0.15) is 0 Å². The summed E-state index contributed by atoms with van der Waals surface area (Å²) >= 11 is 0. The summed E-state index contributed by atoms with van der Waals surface area (Å²) in [5.74, 6) is 2.16. The quantitative estimate of drug-likeness (QED) is 0.626. The van der Waals surface area contributed by atoms with E-state index in [0.717, 1.165) is 38.6 Å². The zero-order valence-corrected chi connectivity index (χ0v) is 19.1. The summed E-state index contributed by atoms with van der Waals surface area (Å²) in [6.45, 7) is 10.3. The summed E-state index contributed by atoms with van der Waals surface area (Å²) in [4.78, 5) is 0. The van der Waals surface area contributed by atoms with Crippen LogP contribution in [-0.4, -0.2) is 35.0 Å². The number of nitrogens with one attached hydrogen (secondary N) is 1. The Kier molecular flexibility index (Phi) is 5.16. The summed E-state index contributed by atoms with van der Waals surface area (Å²) in [7, 11) is 0. The molecule has 1 aliphatic heterocycles. The van der Waals surface area contributed by atoms with E-state index < -0.39 is 0 Å². The van der Waals surface area contributed by atoms with Gasteiger partial charge in [0.2, 0.25) is 0 Å². The molecule has 1 aromatic carbocycles. The average Bonchev–Trinajstić information content (AvgIpc) is 3.09. The zero-order chi connectivity index (χ0) is 21.2. The topological polar surface area (TPSA) is 52.5 Å². The summed E-state index contributed by atoms with van der Waals surface area (Å²) < 4.78 is 0. The molecule has 0 radical (unpaired) electrons. The van der Waals surface area contributed by atoms with Crippen LogP contribution in [0.25, 0.3) is 0 Å². The summed E-state index contributed by atoms with van der Waals surface area (Å²) in [6.07, 6.45) is 8.20. The van der Waals surface area contributed by atoms with Crippen molar-refractivity contribution in [1.29, 1.82) is 0 Å². The largest absolute Gasteiger partial charge is 0.393 e. The molecule has 164 valence electrons. The number of aliphatic hydroxyl groups is 2. The van der Waals surface area contributed by atoms with Crippen molar-refractivity contribution in [2.75, 3.05) is 6.54 Å². The van der Waals surface area contributed by atoms with Crippen molar-refractivity contribution in [3.8, 4) is 0 Å². The molecule has 4 aliphatic rings. The Bertz CT molecular complexity index is 861. The number of allylic oxidation sites excluding steroid dienone is 1. The van der Waals surface area contributed by atoms with E-state index in [9.17, 15) is 10.2 Å². The maximum absolute atomic E-state index is 10.7. The summed E-state index contributed by atoms with van der Waals surface area (Å²) in [5, 5.41) is 24.6. The van der Waals surface area contributed by atoms with Gasteiger partial charge in [0.05, 0.1) is 12.2 Å². The second kappa shape index (κ2) is 7.46. The van der Waals surface area contributed by atoms with E-state index in [-0.39, 0.29) is 23.7 Å². The van der Waals surface area contributed by atoms with Gasteiger partial charge >= 0.3 is 0 Å². The molecule has 1 saturated carbocycles. The maximum atomic E-state index is 10.7. The molecule has 2 fully saturated rings. The van der Waals surface area contributed by atoms with Crippen LogP contribution in [0.4, 0.5) is 0 Å². The first-order valence-electron chi connectivity index (χ1n) is 12.2. The van der Waals surface area contributed by atoms with Gasteiger partial charge in [-0.05, 0) is 103 Å². The SMILES string of the molecule is Cc1c([C@@H](C)[C@H]2NC[C@@H](C)C[C@H]2O)ccc2c1C[C@H]1[C@@H]2CC=C2C[C@@H](O)CC[C@@]21C. The molecule has 8 atom stereocenters. The van der Waals surface area contributed by atoms with E-state index in [1.807, 2.05) is 0 Å². The lowest BCUT2D eigenvalue weighted by atomic mass is 9.57. The van der Waals surface area contributed by atoms with Gasteiger partial charge in [-0.2, -0.15) is 0 Å². The highest BCUT2D eigenvalue weighted by atomic mass is 16.3. The lowest BCUT2D eigenvalue weighted by Crippen LogP contribution is -2.50. The van der Waals surface area contributed by atoms with Gasteiger partial charge in [-0.25, -0.2) is 0 Å². The van der Waals surface area contributed by atoms with Gasteiger partial charge in [-0.15, -0.1) is 0 Å². The van der Waals surface area contributed by atoms with E-state index in [2.05, 4.69) is 51.2 Å². The maximum Gasteiger partial charge on any atom is 0.0702 e. The first-order valence-corrected chi connectivity index (χ1v) is 12.2.